The quantitative estimate of drug-likeness (QED) is 0.668. The first kappa shape index (κ1) is 23.5. The summed E-state index contributed by atoms with van der Waals surface area (Å²) in [5.41, 5.74) is 4.56. The summed E-state index contributed by atoms with van der Waals surface area (Å²) in [6, 6.07) is 4.03. The minimum absolute atomic E-state index is 0.0422. The standard InChI is InChI=1S/C21H20ClF3N4O3/c1-11-2-5-17(12-3-4-16(22)15(7-12)21(23,24)25)29(10-11)20(32)19(31)28-14-6-13(18(26)30)8-27-9-14/h3-4,6-9,11,17H,2,5,10H2,1H3,(H2,26,30)(H,28,31)/t11-,17+/m0/s1. The van der Waals surface area contributed by atoms with Gasteiger partial charge in [0.1, 0.15) is 0 Å². The van der Waals surface area contributed by atoms with Crippen LogP contribution in [0.15, 0.2) is 36.7 Å². The van der Waals surface area contributed by atoms with Gasteiger partial charge in [0.15, 0.2) is 0 Å². The summed E-state index contributed by atoms with van der Waals surface area (Å²) in [5, 5.41) is 1.92. The first-order valence-corrected chi connectivity index (χ1v) is 10.1. The molecule has 0 spiro atoms. The van der Waals surface area contributed by atoms with Crippen LogP contribution in [-0.2, 0) is 15.8 Å². The molecule has 0 aliphatic carbocycles. The molecule has 1 aliphatic rings. The van der Waals surface area contributed by atoms with Crippen molar-refractivity contribution in [2.45, 2.75) is 32.0 Å². The molecule has 1 aromatic carbocycles. The predicted molar refractivity (Wildman–Crippen MR) is 111 cm³/mol. The topological polar surface area (TPSA) is 105 Å². The Morgan fingerprint density at radius 3 is 2.56 bits per heavy atom. The van der Waals surface area contributed by atoms with E-state index in [9.17, 15) is 27.6 Å². The zero-order valence-electron chi connectivity index (χ0n) is 16.9. The molecule has 0 unspecified atom stereocenters. The predicted octanol–water partition coefficient (Wildman–Crippen LogP) is 3.79. The van der Waals surface area contributed by atoms with Gasteiger partial charge in [-0.3, -0.25) is 19.4 Å². The Kier molecular flexibility index (Phi) is 6.73. The third-order valence-electron chi connectivity index (χ3n) is 5.23. The van der Waals surface area contributed by atoms with E-state index in [2.05, 4.69) is 10.3 Å². The highest BCUT2D eigenvalue weighted by molar-refractivity contribution is 6.39. The highest BCUT2D eigenvalue weighted by Crippen LogP contribution is 2.39. The summed E-state index contributed by atoms with van der Waals surface area (Å²) in [6.07, 6.45) is -1.15. The Balaban J connectivity index is 1.87. The van der Waals surface area contributed by atoms with Gasteiger partial charge in [0.25, 0.3) is 0 Å². The van der Waals surface area contributed by atoms with Crippen molar-refractivity contribution < 1.29 is 27.6 Å². The lowest BCUT2D eigenvalue weighted by molar-refractivity contribution is -0.146. The number of pyridine rings is 1. The van der Waals surface area contributed by atoms with Gasteiger partial charge in [0.2, 0.25) is 5.91 Å². The van der Waals surface area contributed by atoms with Gasteiger partial charge in [-0.05, 0) is 42.5 Å². The molecule has 2 atom stereocenters. The normalized spacial score (nSPS) is 18.8. The molecular weight excluding hydrogens is 449 g/mol. The van der Waals surface area contributed by atoms with Crippen molar-refractivity contribution in [1.82, 2.24) is 9.88 Å². The van der Waals surface area contributed by atoms with E-state index in [4.69, 9.17) is 17.3 Å². The maximum Gasteiger partial charge on any atom is 0.417 e. The number of halogens is 4. The summed E-state index contributed by atoms with van der Waals surface area (Å²) in [6.45, 7) is 2.08. The molecule has 2 heterocycles. The first-order chi connectivity index (χ1) is 15.0. The maximum absolute atomic E-state index is 13.3. The lowest BCUT2D eigenvalue weighted by Crippen LogP contribution is -2.46. The average Bonchev–Trinajstić information content (AvgIpc) is 2.73. The largest absolute Gasteiger partial charge is 0.417 e. The van der Waals surface area contributed by atoms with Crippen molar-refractivity contribution in [3.05, 3.63) is 58.4 Å². The van der Waals surface area contributed by atoms with Crippen LogP contribution < -0.4 is 11.1 Å². The molecule has 0 saturated carbocycles. The second kappa shape index (κ2) is 9.15. The summed E-state index contributed by atoms with van der Waals surface area (Å²) >= 11 is 5.71. The molecule has 1 fully saturated rings. The number of nitrogens with zero attached hydrogens (tertiary/aromatic N) is 2. The number of nitrogens with two attached hydrogens (primary N) is 1. The van der Waals surface area contributed by atoms with Crippen LogP contribution >= 0.6 is 11.6 Å². The molecular formula is C21H20ClF3N4O3. The number of amides is 3. The van der Waals surface area contributed by atoms with Gasteiger partial charge in [-0.1, -0.05) is 24.6 Å². The number of benzene rings is 1. The Labute approximate surface area is 186 Å². The minimum Gasteiger partial charge on any atom is -0.366 e. The van der Waals surface area contributed by atoms with Crippen LogP contribution in [-0.4, -0.2) is 34.2 Å². The fourth-order valence-electron chi connectivity index (χ4n) is 3.65. The van der Waals surface area contributed by atoms with E-state index in [1.165, 1.54) is 29.4 Å². The van der Waals surface area contributed by atoms with E-state index < -0.39 is 40.5 Å². The zero-order valence-corrected chi connectivity index (χ0v) is 17.7. The summed E-state index contributed by atoms with van der Waals surface area (Å²) in [5.74, 6) is -2.61. The summed E-state index contributed by atoms with van der Waals surface area (Å²) in [4.78, 5) is 41.9. The number of aromatic nitrogens is 1. The smallest absolute Gasteiger partial charge is 0.366 e. The number of alkyl halides is 3. The SMILES string of the molecule is C[C@H]1CC[C@H](c2ccc(Cl)c(C(F)(F)F)c2)N(C(=O)C(=O)Nc2cncc(C(N)=O)c2)C1. The zero-order chi connectivity index (χ0) is 23.6. The first-order valence-electron chi connectivity index (χ1n) is 9.70. The summed E-state index contributed by atoms with van der Waals surface area (Å²) in [7, 11) is 0. The molecule has 0 bridgehead atoms. The number of rotatable bonds is 3. The van der Waals surface area contributed by atoms with Crippen LogP contribution in [0.2, 0.25) is 5.02 Å². The molecule has 1 aromatic heterocycles. The second-order valence-electron chi connectivity index (χ2n) is 7.67. The number of piperidine rings is 1. The van der Waals surface area contributed by atoms with E-state index in [1.54, 1.807) is 0 Å². The number of hydrogen-bond donors (Lipinski definition) is 2. The third-order valence-corrected chi connectivity index (χ3v) is 5.56. The monoisotopic (exact) mass is 468 g/mol. The van der Waals surface area contributed by atoms with Crippen LogP contribution in [0.4, 0.5) is 18.9 Å². The highest BCUT2D eigenvalue weighted by Gasteiger charge is 2.37. The van der Waals surface area contributed by atoms with E-state index in [0.717, 1.165) is 12.1 Å². The van der Waals surface area contributed by atoms with Crippen molar-refractivity contribution in [3.8, 4) is 0 Å². The number of likely N-dealkylation sites (tertiary alicyclic amines) is 1. The number of nitrogens with one attached hydrogen (secondary N) is 1. The third kappa shape index (κ3) is 5.18. The second-order valence-corrected chi connectivity index (χ2v) is 8.08. The van der Waals surface area contributed by atoms with E-state index >= 15 is 0 Å². The Morgan fingerprint density at radius 1 is 1.19 bits per heavy atom. The molecule has 1 aliphatic heterocycles. The van der Waals surface area contributed by atoms with Gasteiger partial charge in [-0.2, -0.15) is 13.2 Å². The van der Waals surface area contributed by atoms with Crippen LogP contribution in [0.3, 0.4) is 0 Å². The van der Waals surface area contributed by atoms with Gasteiger partial charge < -0.3 is 16.0 Å². The van der Waals surface area contributed by atoms with Gasteiger partial charge >= 0.3 is 18.0 Å². The molecule has 3 rings (SSSR count). The summed E-state index contributed by atoms with van der Waals surface area (Å²) < 4.78 is 39.9. The molecule has 32 heavy (non-hydrogen) atoms. The molecule has 1 saturated heterocycles. The van der Waals surface area contributed by atoms with E-state index in [0.29, 0.717) is 12.8 Å². The fraction of sp³-hybridized carbons (Fsp3) is 0.333. The number of anilines is 1. The van der Waals surface area contributed by atoms with Crippen LogP contribution in [0.5, 0.6) is 0 Å². The van der Waals surface area contributed by atoms with Crippen molar-refractivity contribution in [2.75, 3.05) is 11.9 Å². The molecule has 2 aromatic rings. The van der Waals surface area contributed by atoms with E-state index in [-0.39, 0.29) is 29.3 Å². The number of carbonyl (C=O) groups excluding carboxylic acids is 3. The highest BCUT2D eigenvalue weighted by atomic mass is 35.5. The minimum atomic E-state index is -4.65. The Morgan fingerprint density at radius 2 is 1.91 bits per heavy atom. The van der Waals surface area contributed by atoms with Crippen LogP contribution in [0.1, 0.15) is 47.3 Å². The number of carbonyl (C=O) groups is 3. The molecule has 11 heteroatoms. The number of hydrogen-bond acceptors (Lipinski definition) is 4. The van der Waals surface area contributed by atoms with Gasteiger partial charge in [-0.25, -0.2) is 0 Å². The van der Waals surface area contributed by atoms with Gasteiger partial charge in [0, 0.05) is 12.7 Å². The van der Waals surface area contributed by atoms with Gasteiger partial charge in [0.05, 0.1) is 34.1 Å². The van der Waals surface area contributed by atoms with Crippen LogP contribution in [0, 0.1) is 5.92 Å². The molecule has 3 N–H and O–H groups in total. The average molecular weight is 469 g/mol. The van der Waals surface area contributed by atoms with Crippen molar-refractivity contribution in [2.24, 2.45) is 11.7 Å². The lowest BCUT2D eigenvalue weighted by atomic mass is 9.89. The van der Waals surface area contributed by atoms with Crippen molar-refractivity contribution in [3.63, 3.8) is 0 Å². The molecule has 0 radical (unpaired) electrons. The Bertz CT molecular complexity index is 1060. The number of primary amides is 1. The van der Waals surface area contributed by atoms with Crippen LogP contribution in [0.25, 0.3) is 0 Å². The molecule has 170 valence electrons. The maximum atomic E-state index is 13.3. The molecule has 3 amide bonds. The van der Waals surface area contributed by atoms with Crippen molar-refractivity contribution in [1.29, 1.82) is 0 Å². The van der Waals surface area contributed by atoms with E-state index in [1.807, 2.05) is 6.92 Å². The lowest BCUT2D eigenvalue weighted by Gasteiger charge is -2.38. The van der Waals surface area contributed by atoms with Crippen molar-refractivity contribution >= 4 is 35.0 Å². The van der Waals surface area contributed by atoms with Gasteiger partial charge in [-0.15, -0.1) is 0 Å². The fourth-order valence-corrected chi connectivity index (χ4v) is 3.87. The Hall–Kier alpha value is -3.14. The molecule has 7 nitrogen and oxygen atoms in total.